The van der Waals surface area contributed by atoms with Crippen molar-refractivity contribution in [2.45, 2.75) is 38.5 Å². The third-order valence-corrected chi connectivity index (χ3v) is 5.13. The van der Waals surface area contributed by atoms with Crippen molar-refractivity contribution >= 4 is 22.5 Å². The number of rotatable bonds is 3. The number of benzene rings is 1. The summed E-state index contributed by atoms with van der Waals surface area (Å²) in [5.74, 6) is -0.338. The smallest absolute Gasteiger partial charge is 0.295 e. The molecule has 3 heterocycles. The summed E-state index contributed by atoms with van der Waals surface area (Å²) in [6, 6.07) is 6.39. The molecule has 1 fully saturated rings. The molecule has 3 aromatic rings. The molecule has 8 heteroatoms. The van der Waals surface area contributed by atoms with Crippen LogP contribution in [0.1, 0.15) is 31.4 Å². The van der Waals surface area contributed by atoms with Gasteiger partial charge in [-0.1, -0.05) is 29.8 Å². The number of ether oxygens (including phenoxy) is 1. The molecule has 2 aromatic heterocycles. The largest absolute Gasteiger partial charge is 0.378 e. The first-order valence-corrected chi connectivity index (χ1v) is 8.91. The van der Waals surface area contributed by atoms with E-state index in [9.17, 15) is 9.18 Å². The second kappa shape index (κ2) is 6.81. The zero-order valence-electron chi connectivity index (χ0n) is 14.2. The Bertz CT molecular complexity index is 1020. The average Bonchev–Trinajstić information content (AvgIpc) is 2.94. The molecular weight excluding hydrogens is 359 g/mol. The molecule has 26 heavy (non-hydrogen) atoms. The van der Waals surface area contributed by atoms with Crippen LogP contribution in [0, 0.1) is 5.82 Å². The van der Waals surface area contributed by atoms with E-state index in [0.29, 0.717) is 17.6 Å². The molecule has 0 aliphatic carbocycles. The Balaban J connectivity index is 1.74. The summed E-state index contributed by atoms with van der Waals surface area (Å²) in [7, 11) is 0. The monoisotopic (exact) mass is 376 g/mol. The van der Waals surface area contributed by atoms with E-state index >= 15 is 0 Å². The molecule has 0 N–H and O–H groups in total. The lowest BCUT2D eigenvalue weighted by molar-refractivity contribution is 0.00260. The van der Waals surface area contributed by atoms with E-state index in [-0.39, 0.29) is 40.7 Å². The topological polar surface area (TPSA) is 61.9 Å². The fourth-order valence-corrected chi connectivity index (χ4v) is 3.59. The molecule has 136 valence electrons. The Morgan fingerprint density at radius 2 is 2.19 bits per heavy atom. The van der Waals surface area contributed by atoms with Crippen molar-refractivity contribution in [1.29, 1.82) is 0 Å². The van der Waals surface area contributed by atoms with Gasteiger partial charge in [0.15, 0.2) is 5.52 Å². The van der Waals surface area contributed by atoms with Crippen molar-refractivity contribution in [2.24, 2.45) is 0 Å². The second-order valence-corrected chi connectivity index (χ2v) is 6.91. The molecule has 0 bridgehead atoms. The molecule has 0 spiro atoms. The van der Waals surface area contributed by atoms with Gasteiger partial charge in [-0.2, -0.15) is 10.2 Å². The highest BCUT2D eigenvalue weighted by Crippen LogP contribution is 2.25. The molecule has 1 aliphatic heterocycles. The summed E-state index contributed by atoms with van der Waals surface area (Å²) >= 11 is 6.36. The first-order chi connectivity index (χ1) is 12.5. The minimum absolute atomic E-state index is 0.0221. The number of hydrogen-bond acceptors (Lipinski definition) is 4. The van der Waals surface area contributed by atoms with Crippen LogP contribution in [0.4, 0.5) is 4.39 Å². The van der Waals surface area contributed by atoms with Gasteiger partial charge in [0.25, 0.3) is 5.56 Å². The average molecular weight is 377 g/mol. The quantitative estimate of drug-likeness (QED) is 0.704. The number of nitrogens with zero attached hydrogens (tertiary/aromatic N) is 4. The molecular formula is C18H18ClFN4O2. The number of aromatic nitrogens is 4. The lowest BCUT2D eigenvalue weighted by Gasteiger charge is -2.27. The van der Waals surface area contributed by atoms with Crippen molar-refractivity contribution in [1.82, 2.24) is 19.6 Å². The second-order valence-electron chi connectivity index (χ2n) is 6.56. The van der Waals surface area contributed by atoms with Gasteiger partial charge in [-0.3, -0.25) is 4.79 Å². The van der Waals surface area contributed by atoms with E-state index in [0.717, 1.165) is 12.8 Å². The highest BCUT2D eigenvalue weighted by Gasteiger charge is 2.24. The minimum atomic E-state index is -0.338. The molecule has 1 saturated heterocycles. The summed E-state index contributed by atoms with van der Waals surface area (Å²) in [5.41, 5.74) is 0.421. The van der Waals surface area contributed by atoms with Crippen molar-refractivity contribution in [2.75, 3.05) is 6.61 Å². The Kier molecular flexibility index (Phi) is 4.50. The van der Waals surface area contributed by atoms with Crippen LogP contribution in [0.3, 0.4) is 0 Å². The SMILES string of the molecule is C[C@H]1C[C@@H](n2ncc3c(Cl)n(Cc4ccccc4F)nc3c2=O)CCO1. The van der Waals surface area contributed by atoms with Gasteiger partial charge in [-0.15, -0.1) is 0 Å². The van der Waals surface area contributed by atoms with E-state index < -0.39 is 0 Å². The highest BCUT2D eigenvalue weighted by molar-refractivity contribution is 6.34. The minimum Gasteiger partial charge on any atom is -0.378 e. The molecule has 0 saturated carbocycles. The van der Waals surface area contributed by atoms with Crippen LogP contribution >= 0.6 is 11.6 Å². The molecule has 0 amide bonds. The standard InChI is InChI=1S/C18H18ClFN4O2/c1-11-8-13(6-7-26-11)24-18(25)16-14(9-21-24)17(19)23(22-16)10-12-4-2-3-5-15(12)20/h2-5,9,11,13H,6-8,10H2,1H3/t11-,13-/m0/s1. The maximum absolute atomic E-state index is 13.9. The third-order valence-electron chi connectivity index (χ3n) is 4.73. The van der Waals surface area contributed by atoms with E-state index in [4.69, 9.17) is 16.3 Å². The normalized spacial score (nSPS) is 20.6. The summed E-state index contributed by atoms with van der Waals surface area (Å²) in [6.07, 6.45) is 3.10. The van der Waals surface area contributed by atoms with Crippen LogP contribution in [0.25, 0.3) is 10.9 Å². The Morgan fingerprint density at radius 3 is 2.96 bits per heavy atom. The first-order valence-electron chi connectivity index (χ1n) is 8.53. The van der Waals surface area contributed by atoms with Crippen molar-refractivity contribution in [3.63, 3.8) is 0 Å². The Hall–Kier alpha value is -2.25. The summed E-state index contributed by atoms with van der Waals surface area (Å²) < 4.78 is 22.4. The Labute approximate surface area is 154 Å². The van der Waals surface area contributed by atoms with Gasteiger partial charge in [0.2, 0.25) is 0 Å². The van der Waals surface area contributed by atoms with Crippen molar-refractivity contribution < 1.29 is 9.13 Å². The van der Waals surface area contributed by atoms with Gasteiger partial charge in [0.1, 0.15) is 11.0 Å². The predicted octanol–water partition coefficient (Wildman–Crippen LogP) is 3.17. The summed E-state index contributed by atoms with van der Waals surface area (Å²) in [4.78, 5) is 12.9. The van der Waals surface area contributed by atoms with Crippen LogP contribution in [0.2, 0.25) is 5.15 Å². The predicted molar refractivity (Wildman–Crippen MR) is 96.0 cm³/mol. The van der Waals surface area contributed by atoms with Gasteiger partial charge in [-0.05, 0) is 25.8 Å². The number of fused-ring (bicyclic) bond motifs is 1. The maximum atomic E-state index is 13.9. The first kappa shape index (κ1) is 17.2. The molecule has 2 atom stereocenters. The van der Waals surface area contributed by atoms with Gasteiger partial charge in [-0.25, -0.2) is 13.8 Å². The molecule has 1 aliphatic rings. The van der Waals surface area contributed by atoms with E-state index in [1.54, 1.807) is 24.4 Å². The molecule has 1 aromatic carbocycles. The molecule has 0 unspecified atom stereocenters. The molecule has 4 rings (SSSR count). The van der Waals surface area contributed by atoms with Gasteiger partial charge >= 0.3 is 0 Å². The zero-order valence-corrected chi connectivity index (χ0v) is 15.0. The van der Waals surface area contributed by atoms with Gasteiger partial charge in [0.05, 0.1) is 30.3 Å². The zero-order chi connectivity index (χ0) is 18.3. The highest BCUT2D eigenvalue weighted by atomic mass is 35.5. The van der Waals surface area contributed by atoms with Gasteiger partial charge < -0.3 is 4.74 Å². The lowest BCUT2D eigenvalue weighted by Crippen LogP contribution is -2.33. The van der Waals surface area contributed by atoms with Crippen molar-refractivity contribution in [3.05, 3.63) is 57.3 Å². The maximum Gasteiger partial charge on any atom is 0.295 e. The third kappa shape index (κ3) is 3.01. The lowest BCUT2D eigenvalue weighted by atomic mass is 10.0. The number of hydrogen-bond donors (Lipinski definition) is 0. The number of halogens is 2. The van der Waals surface area contributed by atoms with Crippen LogP contribution in [-0.2, 0) is 11.3 Å². The van der Waals surface area contributed by atoms with Crippen LogP contribution in [0.5, 0.6) is 0 Å². The van der Waals surface area contributed by atoms with Crippen molar-refractivity contribution in [3.8, 4) is 0 Å². The van der Waals surface area contributed by atoms with E-state index in [1.807, 2.05) is 6.92 Å². The summed E-state index contributed by atoms with van der Waals surface area (Å²) in [5, 5.41) is 9.39. The van der Waals surface area contributed by atoms with Crippen LogP contribution < -0.4 is 5.56 Å². The Morgan fingerprint density at radius 1 is 1.38 bits per heavy atom. The van der Waals surface area contributed by atoms with Crippen LogP contribution in [-0.4, -0.2) is 32.3 Å². The fourth-order valence-electron chi connectivity index (χ4n) is 3.36. The summed E-state index contributed by atoms with van der Waals surface area (Å²) in [6.45, 7) is 2.73. The van der Waals surface area contributed by atoms with Crippen LogP contribution in [0.15, 0.2) is 35.3 Å². The fraction of sp³-hybridized carbons (Fsp3) is 0.389. The van der Waals surface area contributed by atoms with E-state index in [2.05, 4.69) is 10.2 Å². The van der Waals surface area contributed by atoms with Gasteiger partial charge in [0, 0.05) is 12.2 Å². The molecule has 0 radical (unpaired) electrons. The van der Waals surface area contributed by atoms with E-state index in [1.165, 1.54) is 15.4 Å². The molecule has 6 nitrogen and oxygen atoms in total.